The molecule has 4 heteroatoms. The van der Waals surface area contributed by atoms with Crippen LogP contribution in [0.2, 0.25) is 0 Å². The number of anilines is 1. The topological polar surface area (TPSA) is 58.6 Å². The lowest BCUT2D eigenvalue weighted by atomic mass is 9.78. The van der Waals surface area contributed by atoms with Crippen molar-refractivity contribution < 1.29 is 14.6 Å². The second-order valence-electron chi connectivity index (χ2n) is 8.49. The maximum absolute atomic E-state index is 12.0. The average molecular weight is 412 g/mol. The van der Waals surface area contributed by atoms with Crippen LogP contribution in [-0.2, 0) is 10.2 Å². The van der Waals surface area contributed by atoms with Gasteiger partial charge in [0.1, 0.15) is 5.75 Å². The zero-order valence-electron chi connectivity index (χ0n) is 18.7. The van der Waals surface area contributed by atoms with Crippen molar-refractivity contribution in [2.24, 2.45) is 0 Å². The Bertz CT molecular complexity index is 751. The molecule has 0 aliphatic heterocycles. The normalized spacial score (nSPS) is 11.3. The van der Waals surface area contributed by atoms with Gasteiger partial charge in [-0.15, -0.1) is 0 Å². The van der Waals surface area contributed by atoms with Crippen LogP contribution in [0.3, 0.4) is 0 Å². The number of carbonyl (C=O) groups is 1. The van der Waals surface area contributed by atoms with E-state index in [2.05, 4.69) is 26.1 Å². The minimum Gasteiger partial charge on any atom is -0.508 e. The molecule has 4 nitrogen and oxygen atoms in total. The molecule has 2 aromatic rings. The molecule has 0 radical (unpaired) electrons. The first-order chi connectivity index (χ1) is 14.4. The summed E-state index contributed by atoms with van der Waals surface area (Å²) in [5, 5.41) is 12.3. The van der Waals surface area contributed by atoms with Crippen LogP contribution in [0, 0.1) is 0 Å². The number of hydrogen-bond donors (Lipinski definition) is 2. The Balaban J connectivity index is 1.72. The molecule has 0 heterocycles. The molecule has 0 fully saturated rings. The summed E-state index contributed by atoms with van der Waals surface area (Å²) in [5.41, 5.74) is 2.77. The van der Waals surface area contributed by atoms with E-state index in [1.165, 1.54) is 38.5 Å². The van der Waals surface area contributed by atoms with E-state index in [9.17, 15) is 9.90 Å². The highest BCUT2D eigenvalue weighted by atomic mass is 16.5. The number of benzene rings is 2. The molecule has 0 saturated carbocycles. The molecule has 2 aromatic carbocycles. The highest BCUT2D eigenvalue weighted by Gasteiger charge is 2.23. The van der Waals surface area contributed by atoms with E-state index < -0.39 is 6.09 Å². The van der Waals surface area contributed by atoms with E-state index in [0.717, 1.165) is 29.7 Å². The predicted molar refractivity (Wildman–Crippen MR) is 124 cm³/mol. The van der Waals surface area contributed by atoms with Gasteiger partial charge in [0.2, 0.25) is 0 Å². The minimum atomic E-state index is -0.400. The maximum atomic E-state index is 12.0. The standard InChI is InChI=1S/C26H37NO3/c1-4-5-6-7-8-9-10-11-20-30-25(29)27-23-16-12-21(13-17-23)26(2,3)22-14-18-24(28)19-15-22/h12-19,28H,4-11,20H2,1-3H3,(H,27,29). The van der Waals surface area contributed by atoms with Crippen molar-refractivity contribution >= 4 is 11.8 Å². The van der Waals surface area contributed by atoms with Gasteiger partial charge < -0.3 is 9.84 Å². The van der Waals surface area contributed by atoms with Crippen molar-refractivity contribution in [2.75, 3.05) is 11.9 Å². The molecule has 2 rings (SSSR count). The molecule has 1 amide bonds. The Morgan fingerprint density at radius 1 is 0.833 bits per heavy atom. The van der Waals surface area contributed by atoms with E-state index in [4.69, 9.17) is 4.74 Å². The van der Waals surface area contributed by atoms with Crippen LogP contribution in [0.5, 0.6) is 5.75 Å². The molecule has 0 aliphatic carbocycles. The van der Waals surface area contributed by atoms with E-state index in [1.807, 2.05) is 36.4 Å². The summed E-state index contributed by atoms with van der Waals surface area (Å²) < 4.78 is 5.30. The van der Waals surface area contributed by atoms with Crippen LogP contribution in [-0.4, -0.2) is 17.8 Å². The number of ether oxygens (including phenoxy) is 1. The van der Waals surface area contributed by atoms with Gasteiger partial charge in [0.15, 0.2) is 0 Å². The van der Waals surface area contributed by atoms with Crippen LogP contribution in [0.4, 0.5) is 10.5 Å². The first-order valence-electron chi connectivity index (χ1n) is 11.3. The van der Waals surface area contributed by atoms with Gasteiger partial charge in [-0.3, -0.25) is 5.32 Å². The van der Waals surface area contributed by atoms with Gasteiger partial charge in [-0.25, -0.2) is 4.79 Å². The Morgan fingerprint density at radius 3 is 1.90 bits per heavy atom. The number of unbranched alkanes of at least 4 members (excludes halogenated alkanes) is 7. The number of aromatic hydroxyl groups is 1. The molecule has 0 aliphatic rings. The van der Waals surface area contributed by atoms with Gasteiger partial charge >= 0.3 is 6.09 Å². The van der Waals surface area contributed by atoms with Gasteiger partial charge in [0.25, 0.3) is 0 Å². The number of nitrogens with one attached hydrogen (secondary N) is 1. The largest absolute Gasteiger partial charge is 0.508 e. The smallest absolute Gasteiger partial charge is 0.411 e. The van der Waals surface area contributed by atoms with Crippen molar-refractivity contribution in [3.63, 3.8) is 0 Å². The molecule has 0 aromatic heterocycles. The van der Waals surface area contributed by atoms with Crippen molar-refractivity contribution in [1.82, 2.24) is 0 Å². The van der Waals surface area contributed by atoms with Crippen molar-refractivity contribution in [2.45, 2.75) is 77.6 Å². The zero-order valence-corrected chi connectivity index (χ0v) is 18.7. The summed E-state index contributed by atoms with van der Waals surface area (Å²) in [4.78, 5) is 12.0. The molecular formula is C26H37NO3. The molecule has 164 valence electrons. The summed E-state index contributed by atoms with van der Waals surface area (Å²) in [6.45, 7) is 6.97. The predicted octanol–water partition coefficient (Wildman–Crippen LogP) is 7.41. The first kappa shape index (κ1) is 23.8. The Labute approximate surface area is 181 Å². The lowest BCUT2D eigenvalue weighted by Crippen LogP contribution is -2.19. The molecule has 0 bridgehead atoms. The maximum Gasteiger partial charge on any atom is 0.411 e. The van der Waals surface area contributed by atoms with E-state index in [-0.39, 0.29) is 11.2 Å². The lowest BCUT2D eigenvalue weighted by Gasteiger charge is -2.26. The number of rotatable bonds is 12. The third kappa shape index (κ3) is 7.74. The quantitative estimate of drug-likeness (QED) is 0.358. The second kappa shape index (κ2) is 12.3. The summed E-state index contributed by atoms with van der Waals surface area (Å²) in [6.07, 6.45) is 9.38. The third-order valence-electron chi connectivity index (χ3n) is 5.67. The Hall–Kier alpha value is -2.49. The average Bonchev–Trinajstić information content (AvgIpc) is 2.73. The highest BCUT2D eigenvalue weighted by molar-refractivity contribution is 5.84. The number of amides is 1. The van der Waals surface area contributed by atoms with Crippen LogP contribution >= 0.6 is 0 Å². The fourth-order valence-corrected chi connectivity index (χ4v) is 3.57. The van der Waals surface area contributed by atoms with E-state index in [1.54, 1.807) is 12.1 Å². The molecule has 2 N–H and O–H groups in total. The van der Waals surface area contributed by atoms with Crippen molar-refractivity contribution in [1.29, 1.82) is 0 Å². The van der Waals surface area contributed by atoms with Crippen LogP contribution < -0.4 is 5.32 Å². The summed E-state index contributed by atoms with van der Waals surface area (Å²) in [7, 11) is 0. The van der Waals surface area contributed by atoms with E-state index in [0.29, 0.717) is 6.61 Å². The second-order valence-corrected chi connectivity index (χ2v) is 8.49. The van der Waals surface area contributed by atoms with Crippen LogP contribution in [0.25, 0.3) is 0 Å². The number of phenols is 1. The summed E-state index contributed by atoms with van der Waals surface area (Å²) in [5.74, 6) is 0.264. The van der Waals surface area contributed by atoms with Gasteiger partial charge in [-0.1, -0.05) is 90.0 Å². The number of carbonyl (C=O) groups excluding carboxylic acids is 1. The van der Waals surface area contributed by atoms with E-state index >= 15 is 0 Å². The fraction of sp³-hybridized carbons (Fsp3) is 0.500. The molecule has 0 spiro atoms. The highest BCUT2D eigenvalue weighted by Crippen LogP contribution is 2.32. The van der Waals surface area contributed by atoms with Gasteiger partial charge in [-0.2, -0.15) is 0 Å². The Kier molecular flexibility index (Phi) is 9.72. The van der Waals surface area contributed by atoms with Crippen LogP contribution in [0.15, 0.2) is 48.5 Å². The SMILES string of the molecule is CCCCCCCCCCOC(=O)Nc1ccc(C(C)(C)c2ccc(O)cc2)cc1. The summed E-state index contributed by atoms with van der Waals surface area (Å²) in [6, 6.07) is 15.1. The Morgan fingerprint density at radius 2 is 1.33 bits per heavy atom. The molecular weight excluding hydrogens is 374 g/mol. The van der Waals surface area contributed by atoms with Gasteiger partial charge in [0, 0.05) is 11.1 Å². The van der Waals surface area contributed by atoms with Gasteiger partial charge in [0.05, 0.1) is 6.61 Å². The van der Waals surface area contributed by atoms with Crippen LogP contribution in [0.1, 0.15) is 83.3 Å². The monoisotopic (exact) mass is 411 g/mol. The van der Waals surface area contributed by atoms with Gasteiger partial charge in [-0.05, 0) is 41.8 Å². The molecule has 0 saturated heterocycles. The number of hydrogen-bond acceptors (Lipinski definition) is 3. The fourth-order valence-electron chi connectivity index (χ4n) is 3.57. The lowest BCUT2D eigenvalue weighted by molar-refractivity contribution is 0.159. The zero-order chi connectivity index (χ0) is 21.8. The summed E-state index contributed by atoms with van der Waals surface area (Å²) >= 11 is 0. The number of phenolic OH excluding ortho intramolecular Hbond substituents is 1. The molecule has 30 heavy (non-hydrogen) atoms. The van der Waals surface area contributed by atoms with Crippen molar-refractivity contribution in [3.8, 4) is 5.75 Å². The molecule has 0 atom stereocenters. The van der Waals surface area contributed by atoms with Crippen molar-refractivity contribution in [3.05, 3.63) is 59.7 Å². The minimum absolute atomic E-state index is 0.205. The molecule has 0 unspecified atom stereocenters. The first-order valence-corrected chi connectivity index (χ1v) is 11.3. The third-order valence-corrected chi connectivity index (χ3v) is 5.67.